The number of nitrogens with zero attached hydrogens (tertiary/aromatic N) is 3. The van der Waals surface area contributed by atoms with Crippen LogP contribution >= 0.6 is 0 Å². The number of rotatable bonds is 1. The third-order valence-corrected chi connectivity index (χ3v) is 1.45. The Hall–Kier alpha value is -1.52. The molecule has 0 aliphatic heterocycles. The Kier molecular flexibility index (Phi) is 2.32. The molecule has 5 nitrogen and oxygen atoms in total. The molecule has 2 amide bonds. The first-order valence-corrected chi connectivity index (χ1v) is 3.57. The van der Waals surface area contributed by atoms with Gasteiger partial charge in [0, 0.05) is 33.5 Å². The van der Waals surface area contributed by atoms with Crippen molar-refractivity contribution in [2.24, 2.45) is 7.05 Å². The molecule has 0 unspecified atom stereocenters. The summed E-state index contributed by atoms with van der Waals surface area (Å²) in [5, 5.41) is 2.63. The highest BCUT2D eigenvalue weighted by Crippen LogP contribution is 2.00. The zero-order chi connectivity index (χ0) is 9.14. The lowest BCUT2D eigenvalue weighted by Crippen LogP contribution is -2.28. The fourth-order valence-corrected chi connectivity index (χ4v) is 0.694. The minimum atomic E-state index is -0.177. The number of urea groups is 1. The fourth-order valence-electron chi connectivity index (χ4n) is 0.694. The highest BCUT2D eigenvalue weighted by atomic mass is 16.2. The molecule has 0 saturated carbocycles. The number of aryl methyl sites for hydroxylation is 1. The van der Waals surface area contributed by atoms with E-state index in [1.54, 1.807) is 31.1 Å². The number of amides is 2. The predicted molar refractivity (Wildman–Crippen MR) is 45.9 cm³/mol. The lowest BCUT2D eigenvalue weighted by molar-refractivity contribution is 0.230. The van der Waals surface area contributed by atoms with Crippen molar-refractivity contribution in [3.63, 3.8) is 0 Å². The molecule has 0 radical (unpaired) electrons. The van der Waals surface area contributed by atoms with Gasteiger partial charge in [0.05, 0.1) is 0 Å². The van der Waals surface area contributed by atoms with Gasteiger partial charge in [0.1, 0.15) is 0 Å². The van der Waals surface area contributed by atoms with Crippen LogP contribution in [0.5, 0.6) is 0 Å². The summed E-state index contributed by atoms with van der Waals surface area (Å²) in [6.45, 7) is 0. The molecule has 5 heteroatoms. The number of nitrogens with one attached hydrogen (secondary N) is 1. The minimum absolute atomic E-state index is 0.177. The Morgan fingerprint density at radius 1 is 1.67 bits per heavy atom. The number of anilines is 1. The molecule has 0 aliphatic rings. The zero-order valence-corrected chi connectivity index (χ0v) is 7.40. The Balaban J connectivity index is 2.64. The second-order valence-corrected chi connectivity index (χ2v) is 2.69. The van der Waals surface area contributed by atoms with Gasteiger partial charge in [-0.15, -0.1) is 0 Å². The van der Waals surface area contributed by atoms with Crippen molar-refractivity contribution in [1.82, 2.24) is 14.5 Å². The van der Waals surface area contributed by atoms with Crippen LogP contribution in [0.2, 0.25) is 0 Å². The maximum absolute atomic E-state index is 11.1. The SMILES string of the molecule is CN(C)C(=O)Nc1nccn1C. The van der Waals surface area contributed by atoms with Crippen LogP contribution < -0.4 is 5.32 Å². The van der Waals surface area contributed by atoms with E-state index in [1.165, 1.54) is 4.90 Å². The molecule has 0 saturated heterocycles. The van der Waals surface area contributed by atoms with Crippen molar-refractivity contribution in [1.29, 1.82) is 0 Å². The zero-order valence-electron chi connectivity index (χ0n) is 7.40. The summed E-state index contributed by atoms with van der Waals surface area (Å²) in [6, 6.07) is -0.177. The van der Waals surface area contributed by atoms with E-state index in [0.29, 0.717) is 5.95 Å². The summed E-state index contributed by atoms with van der Waals surface area (Å²) >= 11 is 0. The van der Waals surface area contributed by atoms with E-state index in [9.17, 15) is 4.79 Å². The molecular weight excluding hydrogens is 156 g/mol. The molecule has 0 aromatic carbocycles. The van der Waals surface area contributed by atoms with Gasteiger partial charge in [0.15, 0.2) is 0 Å². The van der Waals surface area contributed by atoms with Gasteiger partial charge in [0.2, 0.25) is 5.95 Å². The summed E-state index contributed by atoms with van der Waals surface area (Å²) in [7, 11) is 5.18. The van der Waals surface area contributed by atoms with Gasteiger partial charge >= 0.3 is 6.03 Å². The third kappa shape index (κ3) is 1.75. The molecule has 12 heavy (non-hydrogen) atoms. The average molecular weight is 168 g/mol. The van der Waals surface area contributed by atoms with Crippen LogP contribution in [0.1, 0.15) is 0 Å². The lowest BCUT2D eigenvalue weighted by Gasteiger charge is -2.10. The first-order chi connectivity index (χ1) is 5.61. The van der Waals surface area contributed by atoms with Gasteiger partial charge in [-0.05, 0) is 0 Å². The normalized spacial score (nSPS) is 9.58. The van der Waals surface area contributed by atoms with Crippen molar-refractivity contribution >= 4 is 12.0 Å². The fraction of sp³-hybridized carbons (Fsp3) is 0.429. The summed E-state index contributed by atoms with van der Waals surface area (Å²) < 4.78 is 1.74. The van der Waals surface area contributed by atoms with E-state index in [0.717, 1.165) is 0 Å². The number of carbonyl (C=O) groups excluding carboxylic acids is 1. The maximum atomic E-state index is 11.1. The molecule has 0 spiro atoms. The summed E-state index contributed by atoms with van der Waals surface area (Å²) in [5.41, 5.74) is 0. The van der Waals surface area contributed by atoms with Crippen LogP contribution in [0.25, 0.3) is 0 Å². The number of carbonyl (C=O) groups is 1. The summed E-state index contributed by atoms with van der Waals surface area (Å²) in [5.74, 6) is 0.550. The van der Waals surface area contributed by atoms with Crippen molar-refractivity contribution in [3.05, 3.63) is 12.4 Å². The number of hydrogen-bond acceptors (Lipinski definition) is 2. The average Bonchev–Trinajstić information content (AvgIpc) is 2.36. The molecule has 0 fully saturated rings. The topological polar surface area (TPSA) is 50.2 Å². The molecule has 0 atom stereocenters. The van der Waals surface area contributed by atoms with Gasteiger partial charge < -0.3 is 9.47 Å². The Labute approximate surface area is 71.0 Å². The molecule has 1 aromatic rings. The van der Waals surface area contributed by atoms with Crippen LogP contribution in [-0.2, 0) is 7.05 Å². The lowest BCUT2D eigenvalue weighted by atomic mass is 10.8. The molecule has 1 N–H and O–H groups in total. The first kappa shape index (κ1) is 8.58. The highest BCUT2D eigenvalue weighted by Gasteiger charge is 2.05. The monoisotopic (exact) mass is 168 g/mol. The summed E-state index contributed by atoms with van der Waals surface area (Å²) in [6.07, 6.45) is 3.40. The van der Waals surface area contributed by atoms with Crippen LogP contribution in [0.4, 0.5) is 10.7 Å². The van der Waals surface area contributed by atoms with Crippen molar-refractivity contribution in [3.8, 4) is 0 Å². The Bertz CT molecular complexity index is 279. The largest absolute Gasteiger partial charge is 0.331 e. The van der Waals surface area contributed by atoms with Crippen molar-refractivity contribution in [2.75, 3.05) is 19.4 Å². The maximum Gasteiger partial charge on any atom is 0.323 e. The second kappa shape index (κ2) is 3.25. The Morgan fingerprint density at radius 2 is 2.33 bits per heavy atom. The van der Waals surface area contributed by atoms with Gasteiger partial charge in [-0.2, -0.15) is 0 Å². The molecule has 0 bridgehead atoms. The molecule has 66 valence electrons. The quantitative estimate of drug-likeness (QED) is 0.664. The highest BCUT2D eigenvalue weighted by molar-refractivity contribution is 5.87. The Morgan fingerprint density at radius 3 is 2.75 bits per heavy atom. The van der Waals surface area contributed by atoms with Crippen molar-refractivity contribution in [2.45, 2.75) is 0 Å². The van der Waals surface area contributed by atoms with Crippen LogP contribution in [0, 0.1) is 0 Å². The van der Waals surface area contributed by atoms with Crippen LogP contribution in [0.3, 0.4) is 0 Å². The van der Waals surface area contributed by atoms with E-state index in [-0.39, 0.29) is 6.03 Å². The van der Waals surface area contributed by atoms with E-state index < -0.39 is 0 Å². The molecule has 1 rings (SSSR count). The second-order valence-electron chi connectivity index (χ2n) is 2.69. The van der Waals surface area contributed by atoms with Gasteiger partial charge in [-0.3, -0.25) is 5.32 Å². The van der Waals surface area contributed by atoms with Crippen LogP contribution in [-0.4, -0.2) is 34.6 Å². The number of aromatic nitrogens is 2. The number of imidazole rings is 1. The van der Waals surface area contributed by atoms with E-state index >= 15 is 0 Å². The van der Waals surface area contributed by atoms with Gasteiger partial charge in [-0.25, -0.2) is 9.78 Å². The van der Waals surface area contributed by atoms with Gasteiger partial charge in [0.25, 0.3) is 0 Å². The third-order valence-electron chi connectivity index (χ3n) is 1.45. The minimum Gasteiger partial charge on any atom is -0.331 e. The van der Waals surface area contributed by atoms with Crippen LogP contribution in [0.15, 0.2) is 12.4 Å². The van der Waals surface area contributed by atoms with Gasteiger partial charge in [-0.1, -0.05) is 0 Å². The molecule has 1 aromatic heterocycles. The molecule has 0 aliphatic carbocycles. The van der Waals surface area contributed by atoms with E-state index in [2.05, 4.69) is 10.3 Å². The van der Waals surface area contributed by atoms with E-state index in [1.807, 2.05) is 7.05 Å². The number of hydrogen-bond donors (Lipinski definition) is 1. The molecular formula is C7H12N4O. The predicted octanol–water partition coefficient (Wildman–Crippen LogP) is 0.514. The summed E-state index contributed by atoms with van der Waals surface area (Å²) in [4.78, 5) is 16.5. The molecule has 1 heterocycles. The standard InChI is InChI=1S/C7H12N4O/c1-10(2)7(12)9-6-8-4-5-11(6)3/h4-5H,1-3H3,(H,8,9,12). The van der Waals surface area contributed by atoms with Crippen molar-refractivity contribution < 1.29 is 4.79 Å². The first-order valence-electron chi connectivity index (χ1n) is 3.57. The van der Waals surface area contributed by atoms with E-state index in [4.69, 9.17) is 0 Å². The smallest absolute Gasteiger partial charge is 0.323 e.